The molecule has 0 bridgehead atoms. The predicted octanol–water partition coefficient (Wildman–Crippen LogP) is 2.39. The lowest BCUT2D eigenvalue weighted by Gasteiger charge is -2.16. The van der Waals surface area contributed by atoms with Gasteiger partial charge in [-0.25, -0.2) is 4.98 Å². The number of rotatable bonds is 2. The number of nitrogens with one attached hydrogen (secondary N) is 1. The van der Waals surface area contributed by atoms with E-state index in [1.165, 1.54) is 0 Å². The second-order valence-corrected chi connectivity index (χ2v) is 8.86. The number of anilines is 1. The molecule has 1 aromatic rings. The number of aromatic nitrogens is 1. The third-order valence-electron chi connectivity index (χ3n) is 0.914. The minimum atomic E-state index is -1.16. The second kappa shape index (κ2) is 2.71. The first-order valence-electron chi connectivity index (χ1n) is 3.25. The first-order chi connectivity index (χ1) is 4.58. The predicted molar refractivity (Wildman–Crippen MR) is 49.1 cm³/mol. The van der Waals surface area contributed by atoms with E-state index < -0.39 is 8.24 Å². The summed E-state index contributed by atoms with van der Waals surface area (Å²) in [5.41, 5.74) is 0. The molecule has 0 atom stereocenters. The fraction of sp³-hybridized carbons (Fsp3) is 0.500. The Kier molecular flexibility index (Phi) is 2.10. The van der Waals surface area contributed by atoms with Crippen LogP contribution in [0.1, 0.15) is 0 Å². The molecule has 0 radical (unpaired) electrons. The summed E-state index contributed by atoms with van der Waals surface area (Å²) in [5, 5.41) is 3.04. The molecule has 0 amide bonds. The average molecular weight is 172 g/mol. The zero-order valence-electron chi connectivity index (χ0n) is 6.51. The van der Waals surface area contributed by atoms with E-state index >= 15 is 0 Å². The number of nitrogens with zero attached hydrogens (tertiary/aromatic N) is 1. The van der Waals surface area contributed by atoms with Crippen LogP contribution in [0.3, 0.4) is 0 Å². The molecule has 1 N–H and O–H groups in total. The molecule has 4 heteroatoms. The molecule has 1 rings (SSSR count). The maximum atomic E-state index is 4.14. The number of hydrogen-bond acceptors (Lipinski definition) is 3. The van der Waals surface area contributed by atoms with Crippen LogP contribution in [0.5, 0.6) is 0 Å². The summed E-state index contributed by atoms with van der Waals surface area (Å²) in [5.74, 6) is 0. The monoisotopic (exact) mass is 172 g/mol. The van der Waals surface area contributed by atoms with Crippen LogP contribution in [0.25, 0.3) is 0 Å². The summed E-state index contributed by atoms with van der Waals surface area (Å²) in [6.07, 6.45) is 1.83. The van der Waals surface area contributed by atoms with Gasteiger partial charge in [0.1, 0.15) is 8.24 Å². The van der Waals surface area contributed by atoms with E-state index in [1.807, 2.05) is 11.6 Å². The van der Waals surface area contributed by atoms with Crippen LogP contribution in [0.4, 0.5) is 5.13 Å². The largest absolute Gasteiger partial charge is 0.388 e. The Morgan fingerprint density at radius 2 is 2.20 bits per heavy atom. The number of thiazole rings is 1. The van der Waals surface area contributed by atoms with Gasteiger partial charge in [0.2, 0.25) is 0 Å². The molecule has 0 aliphatic carbocycles. The first-order valence-corrected chi connectivity index (χ1v) is 7.63. The van der Waals surface area contributed by atoms with E-state index in [9.17, 15) is 0 Å². The van der Waals surface area contributed by atoms with Crippen LogP contribution in [0, 0.1) is 0 Å². The Morgan fingerprint density at radius 1 is 1.50 bits per heavy atom. The average Bonchev–Trinajstić information content (AvgIpc) is 2.12. The van der Waals surface area contributed by atoms with Crippen molar-refractivity contribution >= 4 is 24.7 Å². The van der Waals surface area contributed by atoms with E-state index in [0.717, 1.165) is 5.13 Å². The maximum Gasteiger partial charge on any atom is 0.174 e. The Balaban J connectivity index is 2.57. The van der Waals surface area contributed by atoms with Gasteiger partial charge in [-0.3, -0.25) is 0 Å². The molecular weight excluding hydrogens is 160 g/mol. The molecule has 0 aliphatic rings. The molecule has 0 spiro atoms. The van der Waals surface area contributed by atoms with Gasteiger partial charge in [0.25, 0.3) is 0 Å². The first kappa shape index (κ1) is 7.75. The fourth-order valence-corrected chi connectivity index (χ4v) is 2.84. The van der Waals surface area contributed by atoms with Crippen molar-refractivity contribution in [3.05, 3.63) is 11.6 Å². The zero-order chi connectivity index (χ0) is 7.61. The Hall–Kier alpha value is -0.353. The molecule has 0 saturated heterocycles. The molecule has 0 aliphatic heterocycles. The van der Waals surface area contributed by atoms with Crippen molar-refractivity contribution in [2.24, 2.45) is 0 Å². The third-order valence-corrected chi connectivity index (χ3v) is 2.77. The van der Waals surface area contributed by atoms with Crippen LogP contribution in [-0.4, -0.2) is 13.2 Å². The molecule has 0 saturated carbocycles. The van der Waals surface area contributed by atoms with Crippen molar-refractivity contribution in [2.75, 3.05) is 4.98 Å². The summed E-state index contributed by atoms with van der Waals surface area (Å²) < 4.78 is 0. The molecular formula is C6H12N2SSi. The lowest BCUT2D eigenvalue weighted by molar-refractivity contribution is 1.40. The van der Waals surface area contributed by atoms with E-state index in [1.54, 1.807) is 11.3 Å². The van der Waals surface area contributed by atoms with Crippen molar-refractivity contribution in [2.45, 2.75) is 19.6 Å². The molecule has 1 aromatic heterocycles. The van der Waals surface area contributed by atoms with Crippen molar-refractivity contribution in [1.29, 1.82) is 0 Å². The highest BCUT2D eigenvalue weighted by Gasteiger charge is 2.13. The highest BCUT2D eigenvalue weighted by molar-refractivity contribution is 7.14. The maximum absolute atomic E-state index is 4.14. The number of hydrogen-bond donors (Lipinski definition) is 1. The summed E-state index contributed by atoms with van der Waals surface area (Å²) in [7, 11) is -1.16. The van der Waals surface area contributed by atoms with Crippen LogP contribution in [-0.2, 0) is 0 Å². The SMILES string of the molecule is C[Si](C)(C)Nc1nccs1. The lowest BCUT2D eigenvalue weighted by atomic mass is 11.0. The van der Waals surface area contributed by atoms with Crippen molar-refractivity contribution < 1.29 is 0 Å². The van der Waals surface area contributed by atoms with E-state index in [4.69, 9.17) is 0 Å². The van der Waals surface area contributed by atoms with Gasteiger partial charge in [0, 0.05) is 11.6 Å². The highest BCUT2D eigenvalue weighted by Crippen LogP contribution is 2.14. The van der Waals surface area contributed by atoms with Gasteiger partial charge >= 0.3 is 0 Å². The normalized spacial score (nSPS) is 11.5. The Labute approximate surface area is 66.4 Å². The highest BCUT2D eigenvalue weighted by atomic mass is 32.1. The van der Waals surface area contributed by atoms with Gasteiger partial charge in [-0.15, -0.1) is 11.3 Å². The van der Waals surface area contributed by atoms with Crippen LogP contribution in [0.15, 0.2) is 11.6 Å². The smallest absolute Gasteiger partial charge is 0.174 e. The van der Waals surface area contributed by atoms with Crippen molar-refractivity contribution in [3.63, 3.8) is 0 Å². The summed E-state index contributed by atoms with van der Waals surface area (Å²) >= 11 is 1.66. The molecule has 1 heterocycles. The van der Waals surface area contributed by atoms with Crippen molar-refractivity contribution in [3.8, 4) is 0 Å². The van der Waals surface area contributed by atoms with Crippen LogP contribution in [0.2, 0.25) is 19.6 Å². The quantitative estimate of drug-likeness (QED) is 0.693. The molecule has 56 valence electrons. The minimum Gasteiger partial charge on any atom is -0.388 e. The van der Waals surface area contributed by atoms with E-state index in [0.29, 0.717) is 0 Å². The molecule has 10 heavy (non-hydrogen) atoms. The minimum absolute atomic E-state index is 1.05. The van der Waals surface area contributed by atoms with E-state index in [2.05, 4.69) is 29.6 Å². The third kappa shape index (κ3) is 2.49. The second-order valence-electron chi connectivity index (χ2n) is 3.21. The summed E-state index contributed by atoms with van der Waals surface area (Å²) in [4.78, 5) is 7.55. The van der Waals surface area contributed by atoms with Gasteiger partial charge in [0.15, 0.2) is 5.13 Å². The standard InChI is InChI=1S/C6H12N2SSi/c1-10(2,3)8-6-7-4-5-9-6/h4-5H,1-3H3,(H,7,8). The summed E-state index contributed by atoms with van der Waals surface area (Å²) in [6.45, 7) is 6.78. The lowest BCUT2D eigenvalue weighted by Crippen LogP contribution is -2.31. The Bertz CT molecular complexity index is 190. The molecule has 2 nitrogen and oxygen atoms in total. The van der Waals surface area contributed by atoms with Crippen molar-refractivity contribution in [1.82, 2.24) is 4.98 Å². The summed E-state index contributed by atoms with van der Waals surface area (Å²) in [6, 6.07) is 0. The fourth-order valence-electron chi connectivity index (χ4n) is 0.606. The zero-order valence-corrected chi connectivity index (χ0v) is 8.33. The topological polar surface area (TPSA) is 24.9 Å². The molecule has 0 unspecified atom stereocenters. The van der Waals surface area contributed by atoms with Gasteiger partial charge in [-0.05, 0) is 0 Å². The Morgan fingerprint density at radius 3 is 2.60 bits per heavy atom. The van der Waals surface area contributed by atoms with Crippen LogP contribution < -0.4 is 4.98 Å². The van der Waals surface area contributed by atoms with Gasteiger partial charge < -0.3 is 4.98 Å². The van der Waals surface area contributed by atoms with E-state index in [-0.39, 0.29) is 0 Å². The molecule has 0 aromatic carbocycles. The van der Waals surface area contributed by atoms with Gasteiger partial charge in [-0.1, -0.05) is 19.6 Å². The van der Waals surface area contributed by atoms with Gasteiger partial charge in [-0.2, -0.15) is 0 Å². The van der Waals surface area contributed by atoms with Gasteiger partial charge in [0.05, 0.1) is 0 Å². The van der Waals surface area contributed by atoms with Crippen LogP contribution >= 0.6 is 11.3 Å². The molecule has 0 fully saturated rings.